The molecule has 5 rings (SSSR count). The summed E-state index contributed by atoms with van der Waals surface area (Å²) < 4.78 is 8.07. The summed E-state index contributed by atoms with van der Waals surface area (Å²) >= 11 is 0. The van der Waals surface area contributed by atoms with Crippen LogP contribution >= 0.6 is 0 Å². The van der Waals surface area contributed by atoms with E-state index in [2.05, 4.69) is 45.8 Å². The molecule has 3 heterocycles. The van der Waals surface area contributed by atoms with E-state index in [-0.39, 0.29) is 12.7 Å². The van der Waals surface area contributed by atoms with Gasteiger partial charge in [-0.3, -0.25) is 4.98 Å². The number of aromatic nitrogens is 3. The van der Waals surface area contributed by atoms with Gasteiger partial charge in [0.1, 0.15) is 6.10 Å². The largest absolute Gasteiger partial charge is 0.474 e. The first-order chi connectivity index (χ1) is 13.2. The Kier molecular flexibility index (Phi) is 3.83. The summed E-state index contributed by atoms with van der Waals surface area (Å²) in [7, 11) is 2.09. The van der Waals surface area contributed by atoms with Crippen LogP contribution in [0.3, 0.4) is 0 Å². The number of ether oxygens (including phenoxy) is 1. The molecule has 0 unspecified atom stereocenters. The van der Waals surface area contributed by atoms with E-state index in [1.165, 1.54) is 21.8 Å². The van der Waals surface area contributed by atoms with Gasteiger partial charge in [-0.15, -0.1) is 0 Å². The second-order valence-electron chi connectivity index (χ2n) is 7.33. The smallest absolute Gasteiger partial charge is 0.213 e. The van der Waals surface area contributed by atoms with Crippen LogP contribution < -0.4 is 4.74 Å². The Morgan fingerprint density at radius 3 is 2.67 bits per heavy atom. The summed E-state index contributed by atoms with van der Waals surface area (Å²) in [6.07, 6.45) is 7.62. The van der Waals surface area contributed by atoms with Crippen LogP contribution in [0.25, 0.3) is 32.9 Å². The number of rotatable bonds is 4. The van der Waals surface area contributed by atoms with Crippen LogP contribution in [0.15, 0.2) is 55.0 Å². The third-order valence-corrected chi connectivity index (χ3v) is 5.62. The van der Waals surface area contributed by atoms with Crippen molar-refractivity contribution < 1.29 is 9.84 Å². The highest BCUT2D eigenvalue weighted by atomic mass is 16.5. The fourth-order valence-corrected chi connectivity index (χ4v) is 3.94. The van der Waals surface area contributed by atoms with E-state index >= 15 is 0 Å². The average molecular weight is 359 g/mol. The minimum atomic E-state index is 0.182. The Labute approximate surface area is 157 Å². The SMILES string of the molecule is Cn1c2ccncc2c2ccc(-c3ccc(OC4CC(CO)C4)nc3)cc21. The third-order valence-electron chi connectivity index (χ3n) is 5.62. The molecular formula is C22H21N3O2. The summed E-state index contributed by atoms with van der Waals surface area (Å²) in [5.41, 5.74) is 4.56. The highest BCUT2D eigenvalue weighted by Gasteiger charge is 2.30. The minimum absolute atomic E-state index is 0.182. The molecule has 5 nitrogen and oxygen atoms in total. The molecule has 0 aliphatic heterocycles. The number of hydrogen-bond donors (Lipinski definition) is 1. The van der Waals surface area contributed by atoms with Crippen LogP contribution in [0.2, 0.25) is 0 Å². The standard InChI is InChI=1S/C22H21N3O2/c1-25-20-6-7-23-12-19(20)18-4-2-15(10-21(18)25)16-3-5-22(24-11-16)27-17-8-14(9-17)13-26/h2-7,10-12,14,17,26H,8-9,13H2,1H3. The summed E-state index contributed by atoms with van der Waals surface area (Å²) in [6.45, 7) is 0.249. The lowest BCUT2D eigenvalue weighted by Crippen LogP contribution is -2.35. The topological polar surface area (TPSA) is 60.2 Å². The van der Waals surface area contributed by atoms with E-state index in [4.69, 9.17) is 9.84 Å². The quantitative estimate of drug-likeness (QED) is 0.600. The number of pyridine rings is 2. The highest BCUT2D eigenvalue weighted by Crippen LogP contribution is 2.33. The maximum absolute atomic E-state index is 9.10. The van der Waals surface area contributed by atoms with Crippen LogP contribution in [0.1, 0.15) is 12.8 Å². The molecular weight excluding hydrogens is 338 g/mol. The molecule has 0 radical (unpaired) electrons. The zero-order valence-corrected chi connectivity index (χ0v) is 15.2. The van der Waals surface area contributed by atoms with Crippen molar-refractivity contribution >= 4 is 21.8 Å². The molecule has 1 N–H and O–H groups in total. The molecule has 1 aliphatic rings. The van der Waals surface area contributed by atoms with Crippen molar-refractivity contribution in [3.63, 3.8) is 0 Å². The monoisotopic (exact) mass is 359 g/mol. The van der Waals surface area contributed by atoms with Crippen molar-refractivity contribution in [1.29, 1.82) is 0 Å². The second-order valence-corrected chi connectivity index (χ2v) is 7.33. The van der Waals surface area contributed by atoms with Crippen molar-refractivity contribution in [2.45, 2.75) is 18.9 Å². The summed E-state index contributed by atoms with van der Waals surface area (Å²) in [5, 5.41) is 11.5. The van der Waals surface area contributed by atoms with E-state index < -0.39 is 0 Å². The maximum Gasteiger partial charge on any atom is 0.213 e. The minimum Gasteiger partial charge on any atom is -0.474 e. The fraction of sp³-hybridized carbons (Fsp3) is 0.273. The lowest BCUT2D eigenvalue weighted by atomic mass is 9.83. The molecule has 1 aromatic carbocycles. The summed E-state index contributed by atoms with van der Waals surface area (Å²) in [5.74, 6) is 1.04. The second kappa shape index (κ2) is 6.35. The molecule has 0 atom stereocenters. The third kappa shape index (κ3) is 2.75. The predicted octanol–water partition coefficient (Wildman–Crippen LogP) is 3.94. The van der Waals surface area contributed by atoms with Gasteiger partial charge in [0.25, 0.3) is 0 Å². The van der Waals surface area contributed by atoms with Gasteiger partial charge in [0.2, 0.25) is 5.88 Å². The molecule has 1 aliphatic carbocycles. The fourth-order valence-electron chi connectivity index (χ4n) is 3.94. The molecule has 0 spiro atoms. The Balaban J connectivity index is 1.43. The van der Waals surface area contributed by atoms with Crippen LogP contribution in [-0.4, -0.2) is 32.4 Å². The van der Waals surface area contributed by atoms with Gasteiger partial charge in [-0.25, -0.2) is 4.98 Å². The predicted molar refractivity (Wildman–Crippen MR) is 106 cm³/mol. The Hall–Kier alpha value is -2.92. The lowest BCUT2D eigenvalue weighted by Gasteiger charge is -2.33. The van der Waals surface area contributed by atoms with Gasteiger partial charge in [-0.05, 0) is 42.5 Å². The van der Waals surface area contributed by atoms with Crippen LogP contribution in [-0.2, 0) is 7.05 Å². The molecule has 3 aromatic heterocycles. The number of aryl methyl sites for hydroxylation is 1. The van der Waals surface area contributed by atoms with E-state index in [9.17, 15) is 0 Å². The van der Waals surface area contributed by atoms with Crippen molar-refractivity contribution in [2.24, 2.45) is 13.0 Å². The molecule has 4 aromatic rings. The van der Waals surface area contributed by atoms with Crippen molar-refractivity contribution in [2.75, 3.05) is 6.61 Å². The summed E-state index contributed by atoms with van der Waals surface area (Å²) in [6, 6.07) is 12.5. The maximum atomic E-state index is 9.10. The molecule has 27 heavy (non-hydrogen) atoms. The number of hydrogen-bond acceptors (Lipinski definition) is 4. The molecule has 0 saturated heterocycles. The van der Waals surface area contributed by atoms with Crippen LogP contribution in [0.4, 0.5) is 0 Å². The zero-order chi connectivity index (χ0) is 18.4. The van der Waals surface area contributed by atoms with Crippen LogP contribution in [0.5, 0.6) is 5.88 Å². The van der Waals surface area contributed by atoms with Crippen LogP contribution in [0, 0.1) is 5.92 Å². The van der Waals surface area contributed by atoms with Gasteiger partial charge in [0.15, 0.2) is 0 Å². The van der Waals surface area contributed by atoms with Gasteiger partial charge in [0, 0.05) is 60.2 Å². The van der Waals surface area contributed by atoms with Crippen molar-refractivity contribution in [3.8, 4) is 17.0 Å². The van der Waals surface area contributed by atoms with Gasteiger partial charge in [-0.2, -0.15) is 0 Å². The van der Waals surface area contributed by atoms with Crippen molar-refractivity contribution in [3.05, 3.63) is 55.0 Å². The van der Waals surface area contributed by atoms with Gasteiger partial charge in [-0.1, -0.05) is 12.1 Å². The zero-order valence-electron chi connectivity index (χ0n) is 15.2. The number of aliphatic hydroxyl groups is 1. The van der Waals surface area contributed by atoms with Gasteiger partial charge >= 0.3 is 0 Å². The number of nitrogens with zero attached hydrogens (tertiary/aromatic N) is 3. The Morgan fingerprint density at radius 1 is 1.04 bits per heavy atom. The first-order valence-corrected chi connectivity index (χ1v) is 9.29. The molecule has 0 amide bonds. The first kappa shape index (κ1) is 16.3. The first-order valence-electron chi connectivity index (χ1n) is 9.29. The van der Waals surface area contributed by atoms with Crippen molar-refractivity contribution in [1.82, 2.24) is 14.5 Å². The molecule has 0 bridgehead atoms. The summed E-state index contributed by atoms with van der Waals surface area (Å²) in [4.78, 5) is 8.73. The normalized spacial score (nSPS) is 19.3. The van der Waals surface area contributed by atoms with Gasteiger partial charge in [0.05, 0.1) is 5.52 Å². The average Bonchev–Trinajstić information content (AvgIpc) is 2.97. The van der Waals surface area contributed by atoms with E-state index in [1.54, 1.807) is 0 Å². The van der Waals surface area contributed by atoms with Gasteiger partial charge < -0.3 is 14.4 Å². The Bertz CT molecular complexity index is 1110. The lowest BCUT2D eigenvalue weighted by molar-refractivity contribution is 0.0296. The number of fused-ring (bicyclic) bond motifs is 3. The number of benzene rings is 1. The highest BCUT2D eigenvalue weighted by molar-refractivity contribution is 6.08. The van der Waals surface area contributed by atoms with E-state index in [0.29, 0.717) is 11.8 Å². The number of aliphatic hydroxyl groups excluding tert-OH is 1. The molecule has 1 fully saturated rings. The molecule has 5 heteroatoms. The Morgan fingerprint density at radius 2 is 1.89 bits per heavy atom. The molecule has 136 valence electrons. The van der Waals surface area contributed by atoms with E-state index in [0.717, 1.165) is 24.0 Å². The van der Waals surface area contributed by atoms with E-state index in [1.807, 2.05) is 30.7 Å². The molecule has 1 saturated carbocycles.